The molecule has 0 bridgehead atoms. The Morgan fingerprint density at radius 2 is 2.28 bits per heavy atom. The van der Waals surface area contributed by atoms with Gasteiger partial charge in [-0.1, -0.05) is 24.3 Å². The van der Waals surface area contributed by atoms with Crippen molar-refractivity contribution in [3.8, 4) is 0 Å². The lowest BCUT2D eigenvalue weighted by Crippen LogP contribution is -2.44. The highest BCUT2D eigenvalue weighted by Crippen LogP contribution is 2.33. The minimum absolute atomic E-state index is 0.0742. The number of hydrogen-bond acceptors (Lipinski definition) is 2. The van der Waals surface area contributed by atoms with Crippen LogP contribution in [0, 0.1) is 0 Å². The number of carbonyl (C=O) groups is 1. The van der Waals surface area contributed by atoms with E-state index >= 15 is 0 Å². The molecule has 0 aromatic heterocycles. The number of ether oxygens (including phenoxy) is 1. The van der Waals surface area contributed by atoms with E-state index in [2.05, 4.69) is 34.9 Å². The lowest BCUT2D eigenvalue weighted by atomic mass is 9.78. The normalized spacial score (nSPS) is 25.1. The Morgan fingerprint density at radius 3 is 3.06 bits per heavy atom. The second-order valence-electron chi connectivity index (χ2n) is 5.01. The minimum atomic E-state index is -0.0742. The van der Waals surface area contributed by atoms with Crippen molar-refractivity contribution in [1.82, 2.24) is 10.6 Å². The molecule has 0 spiro atoms. The van der Waals surface area contributed by atoms with E-state index in [9.17, 15) is 4.79 Å². The number of benzene rings is 1. The van der Waals surface area contributed by atoms with Gasteiger partial charge in [-0.15, -0.1) is 0 Å². The summed E-state index contributed by atoms with van der Waals surface area (Å²) in [5.41, 5.74) is 2.79. The molecule has 1 aliphatic carbocycles. The van der Waals surface area contributed by atoms with Crippen molar-refractivity contribution in [1.29, 1.82) is 0 Å². The van der Waals surface area contributed by atoms with Gasteiger partial charge in [-0.05, 0) is 24.0 Å². The van der Waals surface area contributed by atoms with Gasteiger partial charge in [0.25, 0.3) is 0 Å². The van der Waals surface area contributed by atoms with Gasteiger partial charge in [0, 0.05) is 19.1 Å². The first-order chi connectivity index (χ1) is 8.83. The lowest BCUT2D eigenvalue weighted by Gasteiger charge is -2.30. The van der Waals surface area contributed by atoms with E-state index in [1.807, 2.05) is 0 Å². The maximum Gasteiger partial charge on any atom is 0.315 e. The van der Waals surface area contributed by atoms with Crippen LogP contribution in [0.1, 0.15) is 23.5 Å². The summed E-state index contributed by atoms with van der Waals surface area (Å²) in [4.78, 5) is 11.7. The molecule has 1 aromatic carbocycles. The van der Waals surface area contributed by atoms with Crippen LogP contribution >= 0.6 is 0 Å². The zero-order valence-corrected chi connectivity index (χ0v) is 10.3. The van der Waals surface area contributed by atoms with E-state index in [4.69, 9.17) is 4.74 Å². The molecule has 1 aliphatic heterocycles. The van der Waals surface area contributed by atoms with Crippen LogP contribution in [0.15, 0.2) is 24.3 Å². The molecule has 0 radical (unpaired) electrons. The van der Waals surface area contributed by atoms with Crippen molar-refractivity contribution in [2.24, 2.45) is 0 Å². The number of amides is 2. The van der Waals surface area contributed by atoms with Crippen LogP contribution in [0.25, 0.3) is 0 Å². The average Bonchev–Trinajstić information content (AvgIpc) is 2.83. The highest BCUT2D eigenvalue weighted by molar-refractivity contribution is 5.74. The monoisotopic (exact) mass is 246 g/mol. The van der Waals surface area contributed by atoms with Gasteiger partial charge in [0.1, 0.15) is 0 Å². The van der Waals surface area contributed by atoms with Gasteiger partial charge in [-0.3, -0.25) is 0 Å². The SMILES string of the molecule is O=C(NCC1Cc2ccccc21)NC1CCOC1. The molecule has 1 aromatic rings. The smallest absolute Gasteiger partial charge is 0.315 e. The van der Waals surface area contributed by atoms with Crippen molar-refractivity contribution in [3.63, 3.8) is 0 Å². The first kappa shape index (κ1) is 11.5. The summed E-state index contributed by atoms with van der Waals surface area (Å²) in [6, 6.07) is 8.53. The molecule has 2 atom stereocenters. The summed E-state index contributed by atoms with van der Waals surface area (Å²) >= 11 is 0. The molecule has 18 heavy (non-hydrogen) atoms. The molecule has 4 nitrogen and oxygen atoms in total. The number of fused-ring (bicyclic) bond motifs is 1. The Morgan fingerprint density at radius 1 is 1.39 bits per heavy atom. The summed E-state index contributed by atoms with van der Waals surface area (Å²) in [6.45, 7) is 2.11. The van der Waals surface area contributed by atoms with Crippen LogP contribution in [0.5, 0.6) is 0 Å². The van der Waals surface area contributed by atoms with Crippen LogP contribution in [-0.4, -0.2) is 31.8 Å². The fraction of sp³-hybridized carbons (Fsp3) is 0.500. The van der Waals surface area contributed by atoms with Gasteiger partial charge in [-0.2, -0.15) is 0 Å². The van der Waals surface area contributed by atoms with Crippen molar-refractivity contribution >= 4 is 6.03 Å². The van der Waals surface area contributed by atoms with E-state index in [0.717, 1.165) is 26.0 Å². The topological polar surface area (TPSA) is 50.4 Å². The third-order valence-corrected chi connectivity index (χ3v) is 3.74. The van der Waals surface area contributed by atoms with Crippen molar-refractivity contribution < 1.29 is 9.53 Å². The van der Waals surface area contributed by atoms with Crippen LogP contribution in [0.2, 0.25) is 0 Å². The van der Waals surface area contributed by atoms with Crippen LogP contribution < -0.4 is 10.6 Å². The van der Waals surface area contributed by atoms with Crippen LogP contribution in [0.4, 0.5) is 4.79 Å². The van der Waals surface area contributed by atoms with Gasteiger partial charge in [0.2, 0.25) is 0 Å². The van der Waals surface area contributed by atoms with E-state index < -0.39 is 0 Å². The number of carbonyl (C=O) groups excluding carboxylic acids is 1. The van der Waals surface area contributed by atoms with Crippen LogP contribution in [-0.2, 0) is 11.2 Å². The van der Waals surface area contributed by atoms with Crippen molar-refractivity contribution in [3.05, 3.63) is 35.4 Å². The molecule has 2 unspecified atom stereocenters. The Bertz CT molecular complexity index is 441. The number of nitrogens with one attached hydrogen (secondary N) is 2. The Hall–Kier alpha value is -1.55. The molecule has 2 aliphatic rings. The predicted molar refractivity (Wildman–Crippen MR) is 68.6 cm³/mol. The maximum atomic E-state index is 11.7. The summed E-state index contributed by atoms with van der Waals surface area (Å²) in [6.07, 6.45) is 1.99. The number of urea groups is 1. The standard InChI is InChI=1S/C14H18N2O2/c17-14(16-12-5-6-18-9-12)15-8-11-7-10-3-1-2-4-13(10)11/h1-4,11-12H,5-9H2,(H2,15,16,17). The van der Waals surface area contributed by atoms with Gasteiger partial charge >= 0.3 is 6.03 Å². The molecule has 0 saturated carbocycles. The Labute approximate surface area is 107 Å². The molecule has 4 heteroatoms. The first-order valence-electron chi connectivity index (χ1n) is 6.53. The third kappa shape index (κ3) is 2.34. The predicted octanol–water partition coefficient (Wildman–Crippen LogP) is 1.41. The largest absolute Gasteiger partial charge is 0.379 e. The first-order valence-corrected chi connectivity index (χ1v) is 6.53. The fourth-order valence-corrected chi connectivity index (χ4v) is 2.65. The van der Waals surface area contributed by atoms with E-state index in [1.54, 1.807) is 0 Å². The fourth-order valence-electron chi connectivity index (χ4n) is 2.65. The Kier molecular flexibility index (Phi) is 3.19. The molecule has 1 saturated heterocycles. The van der Waals surface area contributed by atoms with Gasteiger partial charge in [0.05, 0.1) is 12.6 Å². The molecule has 96 valence electrons. The summed E-state index contributed by atoms with van der Waals surface area (Å²) in [5.74, 6) is 0.478. The van der Waals surface area contributed by atoms with E-state index in [1.165, 1.54) is 11.1 Å². The van der Waals surface area contributed by atoms with Gasteiger partial charge in [-0.25, -0.2) is 4.79 Å². The quantitative estimate of drug-likeness (QED) is 0.847. The zero-order valence-electron chi connectivity index (χ0n) is 10.3. The summed E-state index contributed by atoms with van der Waals surface area (Å²) < 4.78 is 5.22. The maximum absolute atomic E-state index is 11.7. The summed E-state index contributed by atoms with van der Waals surface area (Å²) in [7, 11) is 0. The minimum Gasteiger partial charge on any atom is -0.379 e. The molecular formula is C14H18N2O2. The highest BCUT2D eigenvalue weighted by atomic mass is 16.5. The highest BCUT2D eigenvalue weighted by Gasteiger charge is 2.26. The molecular weight excluding hydrogens is 228 g/mol. The Balaban J connectivity index is 1.44. The zero-order chi connectivity index (χ0) is 12.4. The summed E-state index contributed by atoms with van der Waals surface area (Å²) in [5, 5.41) is 5.88. The van der Waals surface area contributed by atoms with E-state index in [0.29, 0.717) is 12.5 Å². The van der Waals surface area contributed by atoms with Crippen molar-refractivity contribution in [2.45, 2.75) is 24.8 Å². The number of hydrogen-bond donors (Lipinski definition) is 2. The van der Waals surface area contributed by atoms with E-state index in [-0.39, 0.29) is 12.1 Å². The second kappa shape index (κ2) is 4.98. The average molecular weight is 246 g/mol. The molecule has 2 N–H and O–H groups in total. The molecule has 1 heterocycles. The molecule has 3 rings (SSSR count). The second-order valence-corrected chi connectivity index (χ2v) is 5.01. The molecule has 1 fully saturated rings. The third-order valence-electron chi connectivity index (χ3n) is 3.74. The van der Waals surface area contributed by atoms with Gasteiger partial charge < -0.3 is 15.4 Å². The number of rotatable bonds is 3. The lowest BCUT2D eigenvalue weighted by molar-refractivity contribution is 0.188. The molecule has 2 amide bonds. The van der Waals surface area contributed by atoms with Gasteiger partial charge in [0.15, 0.2) is 0 Å². The van der Waals surface area contributed by atoms with Crippen molar-refractivity contribution in [2.75, 3.05) is 19.8 Å². The van der Waals surface area contributed by atoms with Crippen LogP contribution in [0.3, 0.4) is 0 Å².